The van der Waals surface area contributed by atoms with Gasteiger partial charge in [0.1, 0.15) is 0 Å². The van der Waals surface area contributed by atoms with Gasteiger partial charge in [-0.2, -0.15) is 0 Å². The highest BCUT2D eigenvalue weighted by Gasteiger charge is 2.30. The number of nitrogens with zero attached hydrogens (tertiary/aromatic N) is 1. The van der Waals surface area contributed by atoms with E-state index >= 15 is 0 Å². The van der Waals surface area contributed by atoms with Crippen LogP contribution in [-0.2, 0) is 9.53 Å². The lowest BCUT2D eigenvalue weighted by Gasteiger charge is -2.24. The fourth-order valence-electron chi connectivity index (χ4n) is 3.19. The van der Waals surface area contributed by atoms with Gasteiger partial charge in [-0.1, -0.05) is 18.0 Å². The third-order valence-corrected chi connectivity index (χ3v) is 5.13. The minimum absolute atomic E-state index is 0.0308. The van der Waals surface area contributed by atoms with E-state index in [0.717, 1.165) is 36.3 Å². The van der Waals surface area contributed by atoms with Crippen LogP contribution in [0.15, 0.2) is 30.3 Å². The van der Waals surface area contributed by atoms with E-state index in [-0.39, 0.29) is 17.7 Å². The first kappa shape index (κ1) is 17.7. The molecule has 0 N–H and O–H groups in total. The van der Waals surface area contributed by atoms with E-state index < -0.39 is 6.10 Å². The number of esters is 1. The number of hydrogen-bond acceptors (Lipinski definition) is 3. The van der Waals surface area contributed by atoms with Crippen LogP contribution in [0.25, 0.3) is 5.69 Å². The normalized spacial score (nSPS) is 15.5. The van der Waals surface area contributed by atoms with Gasteiger partial charge in [-0.15, -0.1) is 0 Å². The zero-order chi connectivity index (χ0) is 18.1. The van der Waals surface area contributed by atoms with Crippen molar-refractivity contribution in [1.29, 1.82) is 0 Å². The number of aromatic nitrogens is 1. The van der Waals surface area contributed by atoms with Crippen molar-refractivity contribution in [2.45, 2.75) is 46.1 Å². The molecule has 2 aromatic rings. The molecule has 1 atom stereocenters. The topological polar surface area (TPSA) is 48.3 Å². The van der Waals surface area contributed by atoms with Crippen molar-refractivity contribution in [2.24, 2.45) is 5.92 Å². The molecule has 132 valence electrons. The molecule has 0 spiro atoms. The first-order chi connectivity index (χ1) is 11.9. The zero-order valence-corrected chi connectivity index (χ0v) is 15.5. The number of hydrogen-bond donors (Lipinski definition) is 0. The summed E-state index contributed by atoms with van der Waals surface area (Å²) in [4.78, 5) is 24.8. The third-order valence-electron chi connectivity index (χ3n) is 4.88. The monoisotopic (exact) mass is 359 g/mol. The van der Waals surface area contributed by atoms with Gasteiger partial charge in [0.05, 0.1) is 5.92 Å². The summed E-state index contributed by atoms with van der Waals surface area (Å²) in [6.07, 6.45) is 2.02. The van der Waals surface area contributed by atoms with Gasteiger partial charge >= 0.3 is 5.97 Å². The zero-order valence-electron chi connectivity index (χ0n) is 14.7. The summed E-state index contributed by atoms with van der Waals surface area (Å²) in [5.41, 5.74) is 3.30. The molecule has 0 saturated heterocycles. The molecule has 1 aromatic carbocycles. The fourth-order valence-corrected chi connectivity index (χ4v) is 3.31. The number of rotatable bonds is 5. The number of halogens is 1. The number of ether oxygens (including phenoxy) is 1. The Bertz CT molecular complexity index is 803. The van der Waals surface area contributed by atoms with E-state index in [9.17, 15) is 9.59 Å². The van der Waals surface area contributed by atoms with Crippen molar-refractivity contribution in [2.75, 3.05) is 0 Å². The molecule has 4 nitrogen and oxygen atoms in total. The van der Waals surface area contributed by atoms with E-state index in [1.807, 2.05) is 48.7 Å². The van der Waals surface area contributed by atoms with Crippen LogP contribution in [0.2, 0.25) is 5.02 Å². The highest BCUT2D eigenvalue weighted by molar-refractivity contribution is 6.30. The van der Waals surface area contributed by atoms with Crippen molar-refractivity contribution in [1.82, 2.24) is 4.57 Å². The van der Waals surface area contributed by atoms with Gasteiger partial charge in [0.25, 0.3) is 0 Å². The van der Waals surface area contributed by atoms with Crippen molar-refractivity contribution >= 4 is 23.4 Å². The van der Waals surface area contributed by atoms with E-state index in [0.29, 0.717) is 10.6 Å². The van der Waals surface area contributed by atoms with Crippen LogP contribution in [-0.4, -0.2) is 22.4 Å². The quantitative estimate of drug-likeness (QED) is 0.576. The lowest BCUT2D eigenvalue weighted by Crippen LogP contribution is -2.31. The summed E-state index contributed by atoms with van der Waals surface area (Å²) >= 11 is 5.95. The van der Waals surface area contributed by atoms with Crippen LogP contribution in [0.4, 0.5) is 0 Å². The number of carbonyl (C=O) groups excluding carboxylic acids is 2. The van der Waals surface area contributed by atoms with E-state index in [1.54, 1.807) is 6.92 Å². The molecule has 0 aliphatic heterocycles. The Morgan fingerprint density at radius 1 is 1.20 bits per heavy atom. The molecule has 0 amide bonds. The Morgan fingerprint density at radius 2 is 1.84 bits per heavy atom. The molecule has 3 rings (SSSR count). The van der Waals surface area contributed by atoms with E-state index in [1.165, 1.54) is 0 Å². The molecular formula is C20H22ClNO3. The lowest BCUT2D eigenvalue weighted by molar-refractivity contribution is -0.154. The molecule has 1 heterocycles. The maximum atomic E-state index is 12.8. The molecule has 1 fully saturated rings. The average Bonchev–Trinajstić information content (AvgIpc) is 2.80. The van der Waals surface area contributed by atoms with Gasteiger partial charge in [-0.3, -0.25) is 9.59 Å². The number of ketones is 1. The largest absolute Gasteiger partial charge is 0.454 e. The number of benzene rings is 1. The molecule has 1 aliphatic rings. The Hall–Kier alpha value is -2.07. The summed E-state index contributed by atoms with van der Waals surface area (Å²) in [6.45, 7) is 5.49. The van der Waals surface area contributed by atoms with E-state index in [2.05, 4.69) is 0 Å². The first-order valence-corrected chi connectivity index (χ1v) is 8.96. The minimum Gasteiger partial charge on any atom is -0.454 e. The number of carbonyl (C=O) groups is 2. The molecule has 5 heteroatoms. The van der Waals surface area contributed by atoms with Crippen LogP contribution in [0.5, 0.6) is 0 Å². The van der Waals surface area contributed by atoms with Crippen LogP contribution in [0.1, 0.15) is 47.9 Å². The molecule has 1 aliphatic carbocycles. The van der Waals surface area contributed by atoms with Crippen molar-refractivity contribution < 1.29 is 14.3 Å². The second-order valence-electron chi connectivity index (χ2n) is 6.67. The van der Waals surface area contributed by atoms with Gasteiger partial charge in [-0.05, 0) is 63.9 Å². The summed E-state index contributed by atoms with van der Waals surface area (Å²) in [5.74, 6) is -0.448. The number of aryl methyl sites for hydroxylation is 1. The average molecular weight is 360 g/mol. The standard InChI is InChI=1S/C20H22ClNO3/c1-12-11-18(13(2)22(12)17-9-7-16(21)8-10-17)19(23)14(3)25-20(24)15-5-4-6-15/h7-11,14-15H,4-6H2,1-3H3/t14-/m0/s1. The lowest BCUT2D eigenvalue weighted by atomic mass is 9.85. The molecule has 1 aromatic heterocycles. The highest BCUT2D eigenvalue weighted by atomic mass is 35.5. The van der Waals surface area contributed by atoms with Crippen LogP contribution in [0, 0.1) is 19.8 Å². The second-order valence-corrected chi connectivity index (χ2v) is 7.10. The summed E-state index contributed by atoms with van der Waals surface area (Å²) in [5, 5.41) is 0.666. The number of Topliss-reactive ketones (excluding diaryl/α,β-unsaturated/α-hetero) is 1. The maximum Gasteiger partial charge on any atom is 0.309 e. The first-order valence-electron chi connectivity index (χ1n) is 8.58. The Morgan fingerprint density at radius 3 is 2.40 bits per heavy atom. The smallest absolute Gasteiger partial charge is 0.309 e. The molecule has 0 unspecified atom stereocenters. The molecule has 1 saturated carbocycles. The summed E-state index contributed by atoms with van der Waals surface area (Å²) < 4.78 is 7.38. The molecular weight excluding hydrogens is 338 g/mol. The van der Waals surface area contributed by atoms with E-state index in [4.69, 9.17) is 16.3 Å². The van der Waals surface area contributed by atoms with Crippen molar-refractivity contribution in [3.63, 3.8) is 0 Å². The Kier molecular flexibility index (Phi) is 5.00. The SMILES string of the molecule is Cc1cc(C(=O)[C@H](C)OC(=O)C2CCC2)c(C)n1-c1ccc(Cl)cc1. The molecule has 0 radical (unpaired) electrons. The van der Waals surface area contributed by atoms with Gasteiger partial charge in [0, 0.05) is 27.7 Å². The van der Waals surface area contributed by atoms with Gasteiger partial charge in [0.2, 0.25) is 5.78 Å². The van der Waals surface area contributed by atoms with Gasteiger partial charge in [-0.25, -0.2) is 0 Å². The van der Waals surface area contributed by atoms with Crippen LogP contribution in [0.3, 0.4) is 0 Å². The third kappa shape index (κ3) is 3.49. The molecule has 25 heavy (non-hydrogen) atoms. The fraction of sp³-hybridized carbons (Fsp3) is 0.400. The summed E-state index contributed by atoms with van der Waals surface area (Å²) in [6, 6.07) is 9.31. The molecule has 0 bridgehead atoms. The predicted molar refractivity (Wildman–Crippen MR) is 97.5 cm³/mol. The second kappa shape index (κ2) is 7.04. The predicted octanol–water partition coefficient (Wildman–Crippen LogP) is 4.66. The van der Waals surface area contributed by atoms with Crippen molar-refractivity contribution in [3.8, 4) is 5.69 Å². The van der Waals surface area contributed by atoms with Gasteiger partial charge in [0.15, 0.2) is 6.10 Å². The van der Waals surface area contributed by atoms with Gasteiger partial charge < -0.3 is 9.30 Å². The minimum atomic E-state index is -0.771. The summed E-state index contributed by atoms with van der Waals surface area (Å²) in [7, 11) is 0. The van der Waals surface area contributed by atoms with Crippen molar-refractivity contribution in [3.05, 3.63) is 52.3 Å². The highest BCUT2D eigenvalue weighted by Crippen LogP contribution is 2.28. The van der Waals surface area contributed by atoms with Crippen LogP contribution >= 0.6 is 11.6 Å². The van der Waals surface area contributed by atoms with Crippen LogP contribution < -0.4 is 0 Å². The maximum absolute atomic E-state index is 12.8. The Labute approximate surface area is 152 Å². The Balaban J connectivity index is 1.82.